The molecule has 0 bridgehead atoms. The number of pyridine rings is 1. The summed E-state index contributed by atoms with van der Waals surface area (Å²) in [6, 6.07) is 15.8. The number of carbonyl (C=O) groups excluding carboxylic acids is 1. The number of benzene rings is 2. The van der Waals surface area contributed by atoms with Crippen molar-refractivity contribution in [2.45, 2.75) is 24.7 Å². The minimum Gasteiger partial charge on any atom is -0.497 e. The molecule has 1 heterocycles. The van der Waals surface area contributed by atoms with Crippen LogP contribution in [0.2, 0.25) is 0 Å². The van der Waals surface area contributed by atoms with Gasteiger partial charge in [-0.2, -0.15) is 5.26 Å². The Labute approximate surface area is 184 Å². The molecule has 164 valence electrons. The van der Waals surface area contributed by atoms with Crippen molar-refractivity contribution in [1.29, 1.82) is 5.26 Å². The van der Waals surface area contributed by atoms with Crippen LogP contribution in [-0.4, -0.2) is 58.2 Å². The normalized spacial score (nSPS) is 22.5. The first kappa shape index (κ1) is 21.7. The number of ether oxygens (including phenoxy) is 1. The Bertz CT molecular complexity index is 1190. The van der Waals surface area contributed by atoms with Gasteiger partial charge in [-0.1, -0.05) is 30.3 Å². The molecular weight excluding hydrogens is 410 g/mol. The van der Waals surface area contributed by atoms with Gasteiger partial charge in [0.25, 0.3) is 5.91 Å². The van der Waals surface area contributed by atoms with Crippen molar-refractivity contribution in [3.05, 3.63) is 59.9 Å². The van der Waals surface area contributed by atoms with E-state index in [4.69, 9.17) is 4.74 Å². The predicted molar refractivity (Wildman–Crippen MR) is 117 cm³/mol. The Morgan fingerprint density at radius 2 is 1.94 bits per heavy atom. The quantitative estimate of drug-likeness (QED) is 0.480. The van der Waals surface area contributed by atoms with E-state index in [1.54, 1.807) is 18.2 Å². The van der Waals surface area contributed by atoms with E-state index in [-0.39, 0.29) is 24.4 Å². The van der Waals surface area contributed by atoms with Gasteiger partial charge in [-0.25, -0.2) is 4.98 Å². The summed E-state index contributed by atoms with van der Waals surface area (Å²) in [7, 11) is 1.54. The Balaban J connectivity index is 1.83. The van der Waals surface area contributed by atoms with E-state index in [0.717, 1.165) is 5.56 Å². The second-order valence-corrected chi connectivity index (χ2v) is 7.81. The number of aliphatic hydroxyl groups is 3. The van der Waals surface area contributed by atoms with E-state index in [1.165, 1.54) is 7.11 Å². The summed E-state index contributed by atoms with van der Waals surface area (Å²) in [5.74, 6) is -0.540. The van der Waals surface area contributed by atoms with Crippen LogP contribution in [0, 0.1) is 17.2 Å². The highest BCUT2D eigenvalue weighted by Crippen LogP contribution is 2.35. The topological polar surface area (TPSA) is 136 Å². The molecule has 0 spiro atoms. The van der Waals surface area contributed by atoms with Gasteiger partial charge >= 0.3 is 0 Å². The maximum Gasteiger partial charge on any atom is 0.270 e. The van der Waals surface area contributed by atoms with Crippen LogP contribution < -0.4 is 10.1 Å². The fraction of sp³-hybridized carbons (Fsp3) is 0.292. The fourth-order valence-corrected chi connectivity index (χ4v) is 4.26. The van der Waals surface area contributed by atoms with Crippen molar-refractivity contribution in [2.24, 2.45) is 5.92 Å². The predicted octanol–water partition coefficient (Wildman–Crippen LogP) is 1.61. The first-order chi connectivity index (χ1) is 15.5. The first-order valence-electron chi connectivity index (χ1n) is 10.2. The molecule has 4 N–H and O–H groups in total. The number of nitrogens with one attached hydrogen (secondary N) is 1. The van der Waals surface area contributed by atoms with Gasteiger partial charge < -0.3 is 25.4 Å². The maximum absolute atomic E-state index is 13.2. The number of nitriles is 1. The molecule has 4 atom stereocenters. The lowest BCUT2D eigenvalue weighted by molar-refractivity contribution is 0.000124. The Hall–Kier alpha value is -3.51. The summed E-state index contributed by atoms with van der Waals surface area (Å²) >= 11 is 0. The Morgan fingerprint density at radius 1 is 1.19 bits per heavy atom. The average Bonchev–Trinajstić information content (AvgIpc) is 3.10. The van der Waals surface area contributed by atoms with Gasteiger partial charge in [0.2, 0.25) is 0 Å². The molecule has 8 heteroatoms. The number of aliphatic hydroxyl groups excluding tert-OH is 3. The first-order valence-corrected chi connectivity index (χ1v) is 10.2. The van der Waals surface area contributed by atoms with Gasteiger partial charge in [0.05, 0.1) is 19.3 Å². The fourth-order valence-electron chi connectivity index (χ4n) is 4.26. The lowest BCUT2D eigenvalue weighted by atomic mass is 9.95. The van der Waals surface area contributed by atoms with Crippen LogP contribution >= 0.6 is 0 Å². The third-order valence-corrected chi connectivity index (χ3v) is 5.95. The van der Waals surface area contributed by atoms with Gasteiger partial charge in [0.1, 0.15) is 29.3 Å². The SMILES string of the molecule is COc1ccc2c(C(=O)N[C@H]3C[C@@H](CO)[C@H](O)[C@@H]3O)nc(C#N)c(-c3ccccc3)c2c1. The number of rotatable bonds is 5. The molecule has 4 rings (SSSR count). The molecule has 2 aromatic carbocycles. The van der Waals surface area contributed by atoms with E-state index in [1.807, 2.05) is 30.3 Å². The van der Waals surface area contributed by atoms with Crippen LogP contribution in [0.15, 0.2) is 48.5 Å². The number of carbonyl (C=O) groups is 1. The van der Waals surface area contributed by atoms with Crippen molar-refractivity contribution in [1.82, 2.24) is 10.3 Å². The van der Waals surface area contributed by atoms with Crippen LogP contribution in [0.4, 0.5) is 0 Å². The number of hydrogen-bond donors (Lipinski definition) is 4. The zero-order valence-electron chi connectivity index (χ0n) is 17.4. The highest BCUT2D eigenvalue weighted by Gasteiger charge is 2.42. The van der Waals surface area contributed by atoms with E-state index < -0.39 is 30.1 Å². The van der Waals surface area contributed by atoms with Crippen molar-refractivity contribution >= 4 is 16.7 Å². The van der Waals surface area contributed by atoms with Gasteiger partial charge in [0, 0.05) is 23.5 Å². The van der Waals surface area contributed by atoms with Crippen molar-refractivity contribution in [2.75, 3.05) is 13.7 Å². The summed E-state index contributed by atoms with van der Waals surface area (Å²) in [5, 5.41) is 43.4. The molecule has 3 aromatic rings. The lowest BCUT2D eigenvalue weighted by Crippen LogP contribution is -2.43. The minimum absolute atomic E-state index is 0.0352. The summed E-state index contributed by atoms with van der Waals surface area (Å²) in [4.78, 5) is 17.5. The number of nitrogens with zero attached hydrogens (tertiary/aromatic N) is 2. The summed E-state index contributed by atoms with van der Waals surface area (Å²) in [6.07, 6.45) is -2.11. The number of methoxy groups -OCH3 is 1. The molecule has 1 fully saturated rings. The summed E-state index contributed by atoms with van der Waals surface area (Å²) < 4.78 is 5.36. The van der Waals surface area contributed by atoms with Crippen molar-refractivity contribution < 1.29 is 24.9 Å². The molecule has 1 aromatic heterocycles. The summed E-state index contributed by atoms with van der Waals surface area (Å²) in [6.45, 7) is -0.296. The number of fused-ring (bicyclic) bond motifs is 1. The Kier molecular flexibility index (Phi) is 6.06. The molecule has 0 aliphatic heterocycles. The molecule has 0 unspecified atom stereocenters. The highest BCUT2D eigenvalue weighted by atomic mass is 16.5. The second kappa shape index (κ2) is 8.93. The molecule has 1 saturated carbocycles. The van der Waals surface area contributed by atoms with E-state index >= 15 is 0 Å². The van der Waals surface area contributed by atoms with Crippen molar-refractivity contribution in [3.8, 4) is 22.9 Å². The number of amides is 1. The zero-order chi connectivity index (χ0) is 22.8. The van der Waals surface area contributed by atoms with Crippen LogP contribution in [-0.2, 0) is 0 Å². The van der Waals surface area contributed by atoms with Gasteiger partial charge in [-0.15, -0.1) is 0 Å². The smallest absolute Gasteiger partial charge is 0.270 e. The van der Waals surface area contributed by atoms with E-state index in [9.17, 15) is 25.4 Å². The molecule has 0 radical (unpaired) electrons. The molecule has 32 heavy (non-hydrogen) atoms. The zero-order valence-corrected chi connectivity index (χ0v) is 17.4. The second-order valence-electron chi connectivity index (χ2n) is 7.81. The van der Waals surface area contributed by atoms with Crippen molar-refractivity contribution in [3.63, 3.8) is 0 Å². The van der Waals surface area contributed by atoms with Crippen LogP contribution in [0.3, 0.4) is 0 Å². The number of aromatic nitrogens is 1. The molecule has 8 nitrogen and oxygen atoms in total. The minimum atomic E-state index is -1.21. The Morgan fingerprint density at radius 3 is 2.56 bits per heavy atom. The average molecular weight is 433 g/mol. The van der Waals surface area contributed by atoms with Gasteiger partial charge in [-0.3, -0.25) is 4.79 Å². The third kappa shape index (κ3) is 3.78. The van der Waals surface area contributed by atoms with Crippen LogP contribution in [0.25, 0.3) is 21.9 Å². The molecule has 1 aliphatic carbocycles. The monoisotopic (exact) mass is 433 g/mol. The standard InChI is InChI=1S/C24H23N3O5/c1-32-15-7-8-16-17(10-15)20(13-5-3-2-4-6-13)19(11-25)26-21(16)24(31)27-18-9-14(12-28)22(29)23(18)30/h2-8,10,14,18,22-23,28-30H,9,12H2,1H3,(H,27,31)/t14-,18-,22-,23+/m0/s1. The molecule has 0 saturated heterocycles. The molecule has 1 aliphatic rings. The largest absolute Gasteiger partial charge is 0.497 e. The molecular formula is C24H23N3O5. The summed E-state index contributed by atoms with van der Waals surface area (Å²) in [5.41, 5.74) is 1.49. The number of hydrogen-bond acceptors (Lipinski definition) is 7. The highest BCUT2D eigenvalue weighted by molar-refractivity contribution is 6.10. The maximum atomic E-state index is 13.2. The van der Waals surface area contributed by atoms with Crippen LogP contribution in [0.1, 0.15) is 22.6 Å². The van der Waals surface area contributed by atoms with E-state index in [0.29, 0.717) is 22.1 Å². The molecule has 1 amide bonds. The van der Waals surface area contributed by atoms with Gasteiger partial charge in [-0.05, 0) is 35.6 Å². The van der Waals surface area contributed by atoms with Crippen LogP contribution in [0.5, 0.6) is 5.75 Å². The lowest BCUT2D eigenvalue weighted by Gasteiger charge is -2.19. The van der Waals surface area contributed by atoms with Gasteiger partial charge in [0.15, 0.2) is 0 Å². The third-order valence-electron chi connectivity index (χ3n) is 5.95. The van der Waals surface area contributed by atoms with E-state index in [2.05, 4.69) is 16.4 Å².